The van der Waals surface area contributed by atoms with Crippen molar-refractivity contribution in [3.8, 4) is 0 Å². The zero-order chi connectivity index (χ0) is 17.1. The molecule has 1 atom stereocenters. The summed E-state index contributed by atoms with van der Waals surface area (Å²) in [5.74, 6) is -0.576. The van der Waals surface area contributed by atoms with Crippen molar-refractivity contribution in [2.45, 2.75) is 12.3 Å². The van der Waals surface area contributed by atoms with Gasteiger partial charge in [0.2, 0.25) is 0 Å². The Bertz CT molecular complexity index is 834. The third kappa shape index (κ3) is 3.63. The third-order valence-corrected chi connectivity index (χ3v) is 4.46. The smallest absolute Gasteiger partial charge is 0.257 e. The van der Waals surface area contributed by atoms with Crippen LogP contribution in [0.3, 0.4) is 0 Å². The van der Waals surface area contributed by atoms with Gasteiger partial charge >= 0.3 is 0 Å². The molecule has 2 heterocycles. The van der Waals surface area contributed by atoms with Gasteiger partial charge in [0.05, 0.1) is 12.8 Å². The van der Waals surface area contributed by atoms with Gasteiger partial charge in [0.25, 0.3) is 5.91 Å². The number of carbonyl (C=O) groups is 1. The van der Waals surface area contributed by atoms with Crippen LogP contribution in [0.1, 0.15) is 28.4 Å². The molecule has 0 aromatic carbocycles. The maximum Gasteiger partial charge on any atom is 0.257 e. The number of aromatic nitrogens is 2. The molecule has 1 amide bonds. The zero-order valence-electron chi connectivity index (χ0n) is 12.6. The second kappa shape index (κ2) is 7.11. The number of amides is 1. The highest BCUT2D eigenvalue weighted by atomic mass is 35.5. The molecule has 1 aliphatic rings. The number of nitrogens with one attached hydrogen (secondary N) is 1. The summed E-state index contributed by atoms with van der Waals surface area (Å²) in [6, 6.07) is 3.04. The van der Waals surface area contributed by atoms with Crippen LogP contribution in [0.25, 0.3) is 0 Å². The van der Waals surface area contributed by atoms with Crippen molar-refractivity contribution in [2.75, 3.05) is 12.4 Å². The summed E-state index contributed by atoms with van der Waals surface area (Å²) in [5.41, 5.74) is 1.09. The standard InChI is InChI=1S/C16H13ClFN3O2S/c1-23-13-3-2-9(6-11(13)18)12-8-24-16(20-12)21-15(22)10-4-5-19-14(17)7-10/h2-5,7-9H,6H2,1H3,(H,20,21,22). The summed E-state index contributed by atoms with van der Waals surface area (Å²) in [6.07, 6.45) is 5.09. The molecule has 3 rings (SSSR count). The maximum atomic E-state index is 13.9. The van der Waals surface area contributed by atoms with Crippen molar-refractivity contribution in [1.29, 1.82) is 0 Å². The summed E-state index contributed by atoms with van der Waals surface area (Å²) in [4.78, 5) is 20.4. The second-order valence-electron chi connectivity index (χ2n) is 5.04. The number of anilines is 1. The molecule has 8 heteroatoms. The minimum absolute atomic E-state index is 0.179. The first-order chi connectivity index (χ1) is 11.6. The molecule has 124 valence electrons. The van der Waals surface area contributed by atoms with Crippen LogP contribution in [0.4, 0.5) is 9.52 Å². The molecule has 2 aromatic heterocycles. The summed E-state index contributed by atoms with van der Waals surface area (Å²) in [7, 11) is 1.43. The minimum Gasteiger partial charge on any atom is -0.494 e. The molecule has 0 bridgehead atoms. The van der Waals surface area contributed by atoms with Gasteiger partial charge in [-0.25, -0.2) is 14.4 Å². The number of ether oxygens (including phenoxy) is 1. The predicted molar refractivity (Wildman–Crippen MR) is 91.0 cm³/mol. The number of pyridine rings is 1. The van der Waals surface area contributed by atoms with Gasteiger partial charge in [-0.15, -0.1) is 11.3 Å². The monoisotopic (exact) mass is 365 g/mol. The van der Waals surface area contributed by atoms with Gasteiger partial charge in [0, 0.05) is 29.5 Å². The Balaban J connectivity index is 1.69. The van der Waals surface area contributed by atoms with Gasteiger partial charge in [0.15, 0.2) is 5.13 Å². The second-order valence-corrected chi connectivity index (χ2v) is 6.29. The molecule has 0 aliphatic heterocycles. The summed E-state index contributed by atoms with van der Waals surface area (Å²) < 4.78 is 18.8. The Morgan fingerprint density at radius 3 is 3.08 bits per heavy atom. The van der Waals surface area contributed by atoms with E-state index in [-0.39, 0.29) is 35.0 Å². The number of nitrogens with zero attached hydrogens (tertiary/aromatic N) is 2. The number of rotatable bonds is 4. The van der Waals surface area contributed by atoms with E-state index in [1.165, 1.54) is 30.7 Å². The lowest BCUT2D eigenvalue weighted by molar-refractivity contribution is 0.102. The first kappa shape index (κ1) is 16.6. The Morgan fingerprint density at radius 2 is 2.38 bits per heavy atom. The molecule has 1 unspecified atom stereocenters. The molecular weight excluding hydrogens is 353 g/mol. The predicted octanol–water partition coefficient (Wildman–Crippen LogP) is 4.31. The van der Waals surface area contributed by atoms with Crippen LogP contribution >= 0.6 is 22.9 Å². The van der Waals surface area contributed by atoms with Gasteiger partial charge in [-0.1, -0.05) is 17.7 Å². The summed E-state index contributed by atoms with van der Waals surface area (Å²) >= 11 is 7.06. The maximum absolute atomic E-state index is 13.9. The lowest BCUT2D eigenvalue weighted by Gasteiger charge is -2.15. The first-order valence-electron chi connectivity index (χ1n) is 7.06. The van der Waals surface area contributed by atoms with Crippen LogP contribution in [0, 0.1) is 0 Å². The lowest BCUT2D eigenvalue weighted by Crippen LogP contribution is -2.12. The molecule has 2 aromatic rings. The molecular formula is C16H13ClFN3O2S. The molecule has 0 saturated heterocycles. The van der Waals surface area contributed by atoms with Crippen molar-refractivity contribution < 1.29 is 13.9 Å². The fourth-order valence-electron chi connectivity index (χ4n) is 2.26. The van der Waals surface area contributed by atoms with Crippen molar-refractivity contribution in [3.63, 3.8) is 0 Å². The average Bonchev–Trinajstić information content (AvgIpc) is 3.03. The van der Waals surface area contributed by atoms with Crippen molar-refractivity contribution in [3.05, 3.63) is 63.9 Å². The highest BCUT2D eigenvalue weighted by Gasteiger charge is 2.21. The Labute approximate surface area is 146 Å². The van der Waals surface area contributed by atoms with Crippen LogP contribution in [-0.4, -0.2) is 23.0 Å². The topological polar surface area (TPSA) is 64.1 Å². The number of hydrogen-bond acceptors (Lipinski definition) is 5. The van der Waals surface area contributed by atoms with E-state index < -0.39 is 0 Å². The molecule has 0 spiro atoms. The number of allylic oxidation sites excluding steroid dienone is 3. The van der Waals surface area contributed by atoms with Crippen molar-refractivity contribution >= 4 is 34.0 Å². The largest absolute Gasteiger partial charge is 0.494 e. The van der Waals surface area contributed by atoms with E-state index in [9.17, 15) is 9.18 Å². The molecule has 24 heavy (non-hydrogen) atoms. The minimum atomic E-state index is -0.327. The fourth-order valence-corrected chi connectivity index (χ4v) is 3.21. The third-order valence-electron chi connectivity index (χ3n) is 3.48. The molecule has 0 fully saturated rings. The van der Waals surface area contributed by atoms with E-state index in [0.29, 0.717) is 16.4 Å². The number of halogens is 2. The molecule has 1 N–H and O–H groups in total. The van der Waals surface area contributed by atoms with E-state index in [2.05, 4.69) is 15.3 Å². The highest BCUT2D eigenvalue weighted by Crippen LogP contribution is 2.33. The van der Waals surface area contributed by atoms with Crippen molar-refractivity contribution in [2.24, 2.45) is 0 Å². The highest BCUT2D eigenvalue weighted by molar-refractivity contribution is 7.14. The van der Waals surface area contributed by atoms with Crippen LogP contribution in [0.15, 0.2) is 47.4 Å². The average molecular weight is 366 g/mol. The van der Waals surface area contributed by atoms with E-state index in [1.807, 2.05) is 6.08 Å². The fraction of sp³-hybridized carbons (Fsp3) is 0.188. The summed E-state index contributed by atoms with van der Waals surface area (Å²) in [6.45, 7) is 0. The van der Waals surface area contributed by atoms with Crippen LogP contribution in [-0.2, 0) is 4.74 Å². The molecule has 0 saturated carbocycles. The SMILES string of the molecule is COC1=C(F)CC(c2csc(NC(=O)c3ccnc(Cl)c3)n2)C=C1. The number of thiazole rings is 1. The molecule has 5 nitrogen and oxygen atoms in total. The summed E-state index contributed by atoms with van der Waals surface area (Å²) in [5, 5.41) is 5.19. The van der Waals surface area contributed by atoms with Crippen LogP contribution in [0.2, 0.25) is 5.15 Å². The van der Waals surface area contributed by atoms with E-state index in [0.717, 1.165) is 0 Å². The van der Waals surface area contributed by atoms with Gasteiger partial charge in [-0.3, -0.25) is 10.1 Å². The van der Waals surface area contributed by atoms with Crippen molar-refractivity contribution in [1.82, 2.24) is 9.97 Å². The normalized spacial score (nSPS) is 17.0. The number of methoxy groups -OCH3 is 1. The number of hydrogen-bond donors (Lipinski definition) is 1. The molecule has 1 aliphatic carbocycles. The van der Waals surface area contributed by atoms with E-state index in [4.69, 9.17) is 16.3 Å². The first-order valence-corrected chi connectivity index (χ1v) is 8.31. The van der Waals surface area contributed by atoms with E-state index in [1.54, 1.807) is 17.5 Å². The Hall–Kier alpha value is -2.25. The van der Waals surface area contributed by atoms with E-state index >= 15 is 0 Å². The van der Waals surface area contributed by atoms with Crippen LogP contribution in [0.5, 0.6) is 0 Å². The van der Waals surface area contributed by atoms with Crippen LogP contribution < -0.4 is 5.32 Å². The van der Waals surface area contributed by atoms with Gasteiger partial charge in [-0.05, 0) is 18.2 Å². The quantitative estimate of drug-likeness (QED) is 0.820. The Morgan fingerprint density at radius 1 is 1.54 bits per heavy atom. The molecule has 0 radical (unpaired) electrons. The van der Waals surface area contributed by atoms with Gasteiger partial charge in [0.1, 0.15) is 16.7 Å². The lowest BCUT2D eigenvalue weighted by atomic mass is 9.96. The van der Waals surface area contributed by atoms with Gasteiger partial charge < -0.3 is 4.74 Å². The number of carbonyl (C=O) groups excluding carboxylic acids is 1. The Kier molecular flexibility index (Phi) is 4.92. The zero-order valence-corrected chi connectivity index (χ0v) is 14.2. The van der Waals surface area contributed by atoms with Gasteiger partial charge in [-0.2, -0.15) is 0 Å².